The van der Waals surface area contributed by atoms with Crippen LogP contribution in [0.25, 0.3) is 0 Å². The molecule has 0 fully saturated rings. The van der Waals surface area contributed by atoms with Gasteiger partial charge in [0.15, 0.2) is 0 Å². The van der Waals surface area contributed by atoms with E-state index in [1.165, 1.54) is 6.07 Å². The maximum atomic E-state index is 13.4. The number of nitrogens with one attached hydrogen (secondary N) is 1. The van der Waals surface area contributed by atoms with Gasteiger partial charge in [-0.25, -0.2) is 4.39 Å². The maximum absolute atomic E-state index is 13.4. The number of carbonyl (C=O) groups excluding carboxylic acids is 1. The smallest absolute Gasteiger partial charge is 0.240 e. The highest BCUT2D eigenvalue weighted by molar-refractivity contribution is 5.83. The molecule has 2 atom stereocenters. The van der Waals surface area contributed by atoms with Gasteiger partial charge in [0.05, 0.1) is 5.69 Å². The molecule has 0 aromatic heterocycles. The minimum absolute atomic E-state index is 0.0807. The van der Waals surface area contributed by atoms with Crippen LogP contribution in [0.5, 0.6) is 0 Å². The molecule has 3 N–H and O–H groups in total. The Morgan fingerprint density at radius 1 is 1.47 bits per heavy atom. The molecule has 17 heavy (non-hydrogen) atoms. The van der Waals surface area contributed by atoms with Crippen LogP contribution in [0.1, 0.15) is 26.7 Å². The number of anilines is 1. The number of carbonyl (C=O) groups is 1. The highest BCUT2D eigenvalue weighted by Crippen LogP contribution is 2.19. The Labute approximate surface area is 101 Å². The van der Waals surface area contributed by atoms with Gasteiger partial charge in [-0.1, -0.05) is 32.4 Å². The Morgan fingerprint density at radius 3 is 2.65 bits per heavy atom. The molecule has 0 heterocycles. The first kappa shape index (κ1) is 13.5. The van der Waals surface area contributed by atoms with E-state index < -0.39 is 11.9 Å². The van der Waals surface area contributed by atoms with Crippen LogP contribution >= 0.6 is 0 Å². The molecule has 0 saturated heterocycles. The van der Waals surface area contributed by atoms with Gasteiger partial charge in [0.2, 0.25) is 5.91 Å². The number of amides is 1. The van der Waals surface area contributed by atoms with Crippen LogP contribution in [0.4, 0.5) is 10.1 Å². The molecule has 0 aliphatic rings. The minimum Gasteiger partial charge on any atom is -0.371 e. The maximum Gasteiger partial charge on any atom is 0.240 e. The zero-order valence-electron chi connectivity index (χ0n) is 10.2. The predicted molar refractivity (Wildman–Crippen MR) is 67.1 cm³/mol. The Hall–Kier alpha value is -1.58. The average Bonchev–Trinajstić information content (AvgIpc) is 2.27. The molecule has 0 radical (unpaired) electrons. The van der Waals surface area contributed by atoms with Crippen molar-refractivity contribution in [2.75, 3.05) is 5.32 Å². The van der Waals surface area contributed by atoms with E-state index in [1.54, 1.807) is 18.2 Å². The van der Waals surface area contributed by atoms with Crippen LogP contribution in [0.15, 0.2) is 24.3 Å². The van der Waals surface area contributed by atoms with E-state index in [4.69, 9.17) is 5.73 Å². The van der Waals surface area contributed by atoms with E-state index in [0.717, 1.165) is 12.8 Å². The summed E-state index contributed by atoms with van der Waals surface area (Å²) in [6, 6.07) is 5.74. The van der Waals surface area contributed by atoms with Gasteiger partial charge in [-0.15, -0.1) is 0 Å². The summed E-state index contributed by atoms with van der Waals surface area (Å²) in [6.45, 7) is 3.98. The van der Waals surface area contributed by atoms with Gasteiger partial charge in [0.1, 0.15) is 11.9 Å². The lowest BCUT2D eigenvalue weighted by atomic mass is 9.96. The molecule has 1 amide bonds. The molecule has 0 aliphatic carbocycles. The van der Waals surface area contributed by atoms with E-state index in [9.17, 15) is 9.18 Å². The van der Waals surface area contributed by atoms with Crippen LogP contribution < -0.4 is 11.1 Å². The number of hydrogen-bond donors (Lipinski definition) is 2. The van der Waals surface area contributed by atoms with Gasteiger partial charge in [-0.05, 0) is 24.5 Å². The van der Waals surface area contributed by atoms with Crippen molar-refractivity contribution in [1.82, 2.24) is 0 Å². The molecule has 1 aromatic rings. The van der Waals surface area contributed by atoms with Crippen molar-refractivity contribution in [2.45, 2.75) is 32.7 Å². The number of para-hydroxylation sites is 1. The van der Waals surface area contributed by atoms with Crippen molar-refractivity contribution in [3.63, 3.8) is 0 Å². The summed E-state index contributed by atoms with van der Waals surface area (Å²) in [5.74, 6) is -0.742. The molecule has 0 bridgehead atoms. The van der Waals surface area contributed by atoms with Crippen LogP contribution in [0.3, 0.4) is 0 Å². The normalized spacial score (nSPS) is 14.1. The fourth-order valence-electron chi connectivity index (χ4n) is 1.86. The summed E-state index contributed by atoms with van der Waals surface area (Å²) >= 11 is 0. The lowest BCUT2D eigenvalue weighted by molar-refractivity contribution is -0.119. The molecule has 3 nitrogen and oxygen atoms in total. The number of hydrogen-bond acceptors (Lipinski definition) is 2. The largest absolute Gasteiger partial charge is 0.371 e. The highest BCUT2D eigenvalue weighted by Gasteiger charge is 2.22. The SMILES string of the molecule is CCCC(C)C(Nc1ccccc1F)C(N)=O. The summed E-state index contributed by atoms with van der Waals surface area (Å²) in [6.07, 6.45) is 1.83. The second-order valence-electron chi connectivity index (χ2n) is 4.27. The van der Waals surface area contributed by atoms with Crippen LogP contribution in [0, 0.1) is 11.7 Å². The summed E-state index contributed by atoms with van der Waals surface area (Å²) in [4.78, 5) is 11.4. The fourth-order valence-corrected chi connectivity index (χ4v) is 1.86. The molecule has 0 aliphatic heterocycles. The molecule has 2 unspecified atom stereocenters. The van der Waals surface area contributed by atoms with Gasteiger partial charge in [-0.2, -0.15) is 0 Å². The Kier molecular flexibility index (Phi) is 4.94. The van der Waals surface area contributed by atoms with Crippen molar-refractivity contribution in [3.8, 4) is 0 Å². The third-order valence-electron chi connectivity index (χ3n) is 2.80. The van der Waals surface area contributed by atoms with Crippen molar-refractivity contribution in [3.05, 3.63) is 30.1 Å². The first-order chi connectivity index (χ1) is 8.06. The standard InChI is InChI=1S/C13H19FN2O/c1-3-6-9(2)12(13(15)17)16-11-8-5-4-7-10(11)14/h4-5,7-9,12,16H,3,6H2,1-2H3,(H2,15,17). The first-order valence-electron chi connectivity index (χ1n) is 5.86. The van der Waals surface area contributed by atoms with Crippen molar-refractivity contribution in [1.29, 1.82) is 0 Å². The summed E-state index contributed by atoms with van der Waals surface area (Å²) in [7, 11) is 0. The van der Waals surface area contributed by atoms with Crippen molar-refractivity contribution in [2.24, 2.45) is 11.7 Å². The van der Waals surface area contributed by atoms with Crippen molar-refractivity contribution >= 4 is 11.6 Å². The zero-order valence-corrected chi connectivity index (χ0v) is 10.2. The third kappa shape index (κ3) is 3.73. The second-order valence-corrected chi connectivity index (χ2v) is 4.27. The number of benzene rings is 1. The summed E-state index contributed by atoms with van der Waals surface area (Å²) < 4.78 is 13.4. The quantitative estimate of drug-likeness (QED) is 0.800. The third-order valence-corrected chi connectivity index (χ3v) is 2.80. The Bertz CT molecular complexity index is 381. The predicted octanol–water partition coefficient (Wildman–Crippen LogP) is 2.53. The topological polar surface area (TPSA) is 55.1 Å². The first-order valence-corrected chi connectivity index (χ1v) is 5.86. The minimum atomic E-state index is -0.535. The highest BCUT2D eigenvalue weighted by atomic mass is 19.1. The lowest BCUT2D eigenvalue weighted by Crippen LogP contribution is -2.40. The lowest BCUT2D eigenvalue weighted by Gasteiger charge is -2.23. The van der Waals surface area contributed by atoms with Gasteiger partial charge >= 0.3 is 0 Å². The molecule has 0 spiro atoms. The number of halogens is 1. The van der Waals surface area contributed by atoms with Gasteiger partial charge in [-0.3, -0.25) is 4.79 Å². The summed E-state index contributed by atoms with van der Waals surface area (Å²) in [5.41, 5.74) is 5.66. The van der Waals surface area contributed by atoms with E-state index in [2.05, 4.69) is 5.32 Å². The molecular weight excluding hydrogens is 219 g/mol. The fraction of sp³-hybridized carbons (Fsp3) is 0.462. The summed E-state index contributed by atoms with van der Waals surface area (Å²) in [5, 5.41) is 2.88. The van der Waals surface area contributed by atoms with Crippen LogP contribution in [-0.2, 0) is 4.79 Å². The van der Waals surface area contributed by atoms with Crippen LogP contribution in [0.2, 0.25) is 0 Å². The Morgan fingerprint density at radius 2 is 2.12 bits per heavy atom. The van der Waals surface area contributed by atoms with E-state index in [1.807, 2.05) is 13.8 Å². The number of rotatable bonds is 6. The van der Waals surface area contributed by atoms with E-state index >= 15 is 0 Å². The van der Waals surface area contributed by atoms with Gasteiger partial charge < -0.3 is 11.1 Å². The van der Waals surface area contributed by atoms with Gasteiger partial charge in [0, 0.05) is 0 Å². The Balaban J connectivity index is 2.80. The van der Waals surface area contributed by atoms with Gasteiger partial charge in [0.25, 0.3) is 0 Å². The monoisotopic (exact) mass is 238 g/mol. The zero-order chi connectivity index (χ0) is 12.8. The van der Waals surface area contributed by atoms with Crippen molar-refractivity contribution < 1.29 is 9.18 Å². The average molecular weight is 238 g/mol. The molecule has 4 heteroatoms. The molecule has 94 valence electrons. The molecular formula is C13H19FN2O. The molecule has 1 aromatic carbocycles. The van der Waals surface area contributed by atoms with E-state index in [-0.39, 0.29) is 11.7 Å². The number of primary amides is 1. The number of nitrogens with two attached hydrogens (primary N) is 1. The van der Waals surface area contributed by atoms with Crippen LogP contribution in [-0.4, -0.2) is 11.9 Å². The molecule has 0 saturated carbocycles. The van der Waals surface area contributed by atoms with E-state index in [0.29, 0.717) is 5.69 Å². The second kappa shape index (κ2) is 6.23. The molecule has 1 rings (SSSR count).